The summed E-state index contributed by atoms with van der Waals surface area (Å²) in [5.74, 6) is 20.2. The molecule has 12 fully saturated rings. The first-order valence-corrected chi connectivity index (χ1v) is 11.3. The molecule has 0 aromatic heterocycles. The van der Waals surface area contributed by atoms with Crippen molar-refractivity contribution in [1.29, 1.82) is 0 Å². The predicted molar refractivity (Wildman–Crippen MR) is 84.2 cm³/mol. The summed E-state index contributed by atoms with van der Waals surface area (Å²) >= 11 is 4.61. The molecule has 0 heterocycles. The summed E-state index contributed by atoms with van der Waals surface area (Å²) in [6.45, 7) is 0. The van der Waals surface area contributed by atoms with E-state index in [1.165, 1.54) is 0 Å². The first kappa shape index (κ1) is 10.6. The first-order valence-electron chi connectivity index (χ1n) is 10.5. The van der Waals surface area contributed by atoms with Crippen LogP contribution in [0.5, 0.6) is 0 Å². The number of rotatable bonds is 1. The van der Waals surface area contributed by atoms with Crippen LogP contribution in [0.15, 0.2) is 0 Å². The molecule has 2 heteroatoms. The SMILES string of the molecule is COC12C3[C@@H]4[C@H]5C6[C@@H]7[C@@H]8C9[C@@H]%10[C@@H]%11C([C@H]5[C@@H]3[C@H]%11C1[C@H]%10[C@H]8C2[C@@H]74)C69Br. The zero-order valence-electron chi connectivity index (χ0n) is 13.2. The summed E-state index contributed by atoms with van der Waals surface area (Å²) in [5.41, 5.74) is 0.414. The molecule has 118 valence electrons. The van der Waals surface area contributed by atoms with Gasteiger partial charge in [-0.05, 0) is 107 Å². The van der Waals surface area contributed by atoms with Crippen LogP contribution in [-0.4, -0.2) is 17.0 Å². The van der Waals surface area contributed by atoms with E-state index in [9.17, 15) is 0 Å². The maximum absolute atomic E-state index is 6.73. The van der Waals surface area contributed by atoms with Crippen molar-refractivity contribution in [2.45, 2.75) is 9.93 Å². The second kappa shape index (κ2) is 2.27. The molecule has 12 aliphatic carbocycles. The third-order valence-electron chi connectivity index (χ3n) is 13.8. The van der Waals surface area contributed by atoms with Crippen LogP contribution in [0.4, 0.5) is 0 Å². The lowest BCUT2D eigenvalue weighted by Crippen LogP contribution is -2.46. The van der Waals surface area contributed by atoms with Crippen LogP contribution in [0.1, 0.15) is 0 Å². The van der Waals surface area contributed by atoms with E-state index in [2.05, 4.69) is 23.0 Å². The van der Waals surface area contributed by atoms with Gasteiger partial charge in [0.15, 0.2) is 0 Å². The molecule has 12 aliphatic rings. The van der Waals surface area contributed by atoms with E-state index in [-0.39, 0.29) is 0 Å². The van der Waals surface area contributed by atoms with Gasteiger partial charge in [-0.2, -0.15) is 0 Å². The lowest BCUT2D eigenvalue weighted by atomic mass is 9.74. The van der Waals surface area contributed by atoms with Crippen LogP contribution in [0, 0.1) is 107 Å². The highest BCUT2D eigenvalue weighted by molar-refractivity contribution is 9.10. The zero-order valence-corrected chi connectivity index (χ0v) is 14.8. The van der Waals surface area contributed by atoms with Crippen LogP contribution in [0.2, 0.25) is 0 Å². The van der Waals surface area contributed by atoms with Gasteiger partial charge in [0.05, 0.1) is 5.60 Å². The van der Waals surface area contributed by atoms with E-state index in [4.69, 9.17) is 4.74 Å². The van der Waals surface area contributed by atoms with Crippen molar-refractivity contribution in [3.8, 4) is 0 Å². The van der Waals surface area contributed by atoms with Crippen molar-refractivity contribution in [2.24, 2.45) is 107 Å². The number of halogens is 1. The molecule has 0 spiro atoms. The van der Waals surface area contributed by atoms with Gasteiger partial charge in [-0.25, -0.2) is 0 Å². The van der Waals surface area contributed by atoms with Crippen molar-refractivity contribution in [3.63, 3.8) is 0 Å². The normalized spacial score (nSPS) is 102. The minimum atomic E-state index is 0.414. The molecule has 0 saturated heterocycles. The molecule has 0 aliphatic heterocycles. The molecule has 0 amide bonds. The van der Waals surface area contributed by atoms with Gasteiger partial charge in [0.25, 0.3) is 0 Å². The average Bonchev–Trinajstić information content (AvgIpc) is 3.23. The van der Waals surface area contributed by atoms with Crippen molar-refractivity contribution in [2.75, 3.05) is 7.11 Å². The Balaban J connectivity index is 1.45. The zero-order chi connectivity index (χ0) is 14.1. The van der Waals surface area contributed by atoms with E-state index in [1.54, 1.807) is 0 Å². The lowest BCUT2D eigenvalue weighted by molar-refractivity contribution is -0.0889. The number of hydrogen-bond acceptors (Lipinski definition) is 1. The van der Waals surface area contributed by atoms with Crippen molar-refractivity contribution < 1.29 is 4.74 Å². The lowest BCUT2D eigenvalue weighted by Gasteiger charge is -2.41. The fourth-order valence-electron chi connectivity index (χ4n) is 15.7. The van der Waals surface area contributed by atoms with Gasteiger partial charge in [-0.3, -0.25) is 0 Å². The van der Waals surface area contributed by atoms with Gasteiger partial charge < -0.3 is 4.74 Å². The molecule has 12 rings (SSSR count). The second-order valence-corrected chi connectivity index (χ2v) is 13.3. The molecule has 0 radical (unpaired) electrons. The Morgan fingerprint density at radius 3 is 1.04 bits per heavy atom. The third kappa shape index (κ3) is 0.511. The monoisotopic (exact) mass is 368 g/mol. The van der Waals surface area contributed by atoms with Gasteiger partial charge in [-0.1, -0.05) is 15.9 Å². The molecule has 0 aromatic rings. The second-order valence-electron chi connectivity index (χ2n) is 12.0. The molecular weight excluding hydrogens is 348 g/mol. The molecule has 0 bridgehead atoms. The van der Waals surface area contributed by atoms with E-state index in [0.717, 1.165) is 107 Å². The van der Waals surface area contributed by atoms with Crippen molar-refractivity contribution in [3.05, 3.63) is 0 Å². The van der Waals surface area contributed by atoms with Crippen LogP contribution in [0.3, 0.4) is 0 Å². The molecule has 0 aromatic carbocycles. The molecule has 1 nitrogen and oxygen atoms in total. The summed E-state index contributed by atoms with van der Waals surface area (Å²) in [4.78, 5) is 0. The Kier molecular flexibility index (Phi) is 1.04. The van der Waals surface area contributed by atoms with Gasteiger partial charge in [0.1, 0.15) is 0 Å². The summed E-state index contributed by atoms with van der Waals surface area (Å²) < 4.78 is 7.39. The molecule has 0 N–H and O–H groups in total. The Morgan fingerprint density at radius 2 is 0.783 bits per heavy atom. The highest BCUT2D eigenvalue weighted by atomic mass is 79.9. The maximum atomic E-state index is 6.73. The van der Waals surface area contributed by atoms with E-state index in [1.807, 2.05) is 0 Å². The Hall–Kier alpha value is 0.440. The van der Waals surface area contributed by atoms with E-state index < -0.39 is 0 Å². The van der Waals surface area contributed by atoms with Gasteiger partial charge in [0, 0.05) is 11.4 Å². The average molecular weight is 369 g/mol. The molecule has 20 atom stereocenters. The minimum absolute atomic E-state index is 0.414. The summed E-state index contributed by atoms with van der Waals surface area (Å²) in [6.07, 6.45) is 0. The highest BCUT2D eigenvalue weighted by Gasteiger charge is 3.04. The van der Waals surface area contributed by atoms with Crippen molar-refractivity contribution >= 4 is 15.9 Å². The Labute approximate surface area is 144 Å². The standard InChI is InChI=1S/C21H21BrO/c1-23-21-17-8-2-3-9(17)11-6-7-13(19(11)21)12-5-4(10(8)18(12)21)14(2)20(22,15(3)6)16(5)7/h2-19H,1H3/t2-,3+,4+,5-,6-,7+,8-,9-,10+,11+,12-,13+,14?,15?,16?,17?,18?,19?,20?,21?. The highest BCUT2D eigenvalue weighted by Crippen LogP contribution is 3.04. The van der Waals surface area contributed by atoms with Crippen LogP contribution in [-0.2, 0) is 4.74 Å². The molecule has 12 saturated carbocycles. The molecule has 23 heavy (non-hydrogen) atoms. The topological polar surface area (TPSA) is 9.23 Å². The molecule has 8 unspecified atom stereocenters. The fourth-order valence-corrected chi connectivity index (χ4v) is 17.5. The minimum Gasteiger partial charge on any atom is -0.377 e. The number of ether oxygens (including phenoxy) is 1. The first-order chi connectivity index (χ1) is 11.3. The molecular formula is C21H21BrO. The largest absolute Gasteiger partial charge is 0.377 e. The summed E-state index contributed by atoms with van der Waals surface area (Å²) in [7, 11) is 2.15. The van der Waals surface area contributed by atoms with Gasteiger partial charge >= 0.3 is 0 Å². The van der Waals surface area contributed by atoms with E-state index in [0.29, 0.717) is 9.93 Å². The van der Waals surface area contributed by atoms with Gasteiger partial charge in [0.2, 0.25) is 0 Å². The smallest absolute Gasteiger partial charge is 0.0779 e. The number of alkyl halides is 1. The van der Waals surface area contributed by atoms with Gasteiger partial charge in [-0.15, -0.1) is 0 Å². The third-order valence-corrected chi connectivity index (χ3v) is 15.3. The maximum Gasteiger partial charge on any atom is 0.0779 e. The van der Waals surface area contributed by atoms with Crippen LogP contribution >= 0.6 is 15.9 Å². The predicted octanol–water partition coefficient (Wildman–Crippen LogP) is 2.75. The van der Waals surface area contributed by atoms with E-state index >= 15 is 0 Å². The fraction of sp³-hybridized carbons (Fsp3) is 1.00. The number of hydrogen-bond donors (Lipinski definition) is 0. The van der Waals surface area contributed by atoms with Crippen molar-refractivity contribution in [1.82, 2.24) is 0 Å². The Morgan fingerprint density at radius 1 is 0.522 bits per heavy atom. The number of methoxy groups -OCH3 is 1. The Bertz CT molecular complexity index is 672. The van der Waals surface area contributed by atoms with Crippen LogP contribution in [0.25, 0.3) is 0 Å². The summed E-state index contributed by atoms with van der Waals surface area (Å²) in [6, 6.07) is 0. The summed E-state index contributed by atoms with van der Waals surface area (Å²) in [5, 5.41) is 0. The quantitative estimate of drug-likeness (QED) is 0.646. The van der Waals surface area contributed by atoms with Crippen LogP contribution < -0.4 is 0 Å².